The van der Waals surface area contributed by atoms with Crippen LogP contribution >= 0.6 is 11.8 Å². The van der Waals surface area contributed by atoms with Gasteiger partial charge in [-0.05, 0) is 55.4 Å². The Morgan fingerprint density at radius 2 is 2.04 bits per heavy atom. The third-order valence-corrected chi connectivity index (χ3v) is 6.37. The number of hydrogen-bond acceptors (Lipinski definition) is 3. The minimum Gasteiger partial charge on any atom is -0.481 e. The monoisotopic (exact) mass is 391 g/mol. The summed E-state index contributed by atoms with van der Waals surface area (Å²) in [6, 6.07) is 6.36. The molecule has 0 amide bonds. The number of aliphatic carboxylic acids is 1. The summed E-state index contributed by atoms with van der Waals surface area (Å²) in [5.41, 5.74) is 1.26. The highest BCUT2D eigenvalue weighted by atomic mass is 32.2. The summed E-state index contributed by atoms with van der Waals surface area (Å²) in [4.78, 5) is 15.0. The van der Waals surface area contributed by atoms with Crippen molar-refractivity contribution in [2.45, 2.75) is 61.6 Å². The van der Waals surface area contributed by atoms with Crippen LogP contribution in [-0.2, 0) is 4.79 Å². The second kappa shape index (κ2) is 8.83. The fourth-order valence-corrected chi connectivity index (χ4v) is 4.58. The molecule has 0 radical (unpaired) electrons. The van der Waals surface area contributed by atoms with Gasteiger partial charge in [0.05, 0.1) is 0 Å². The number of carboxylic acid groups (broad SMARTS) is 1. The van der Waals surface area contributed by atoms with E-state index in [0.717, 1.165) is 23.4 Å². The van der Waals surface area contributed by atoms with Gasteiger partial charge in [0.15, 0.2) is 0 Å². The highest BCUT2D eigenvalue weighted by Crippen LogP contribution is 2.40. The van der Waals surface area contributed by atoms with E-state index in [1.165, 1.54) is 18.6 Å². The molecule has 1 aliphatic rings. The normalized spacial score (nSPS) is 15.4. The van der Waals surface area contributed by atoms with E-state index in [-0.39, 0.29) is 17.9 Å². The molecule has 3 nitrogen and oxygen atoms in total. The van der Waals surface area contributed by atoms with Gasteiger partial charge < -0.3 is 5.11 Å². The second-order valence-electron chi connectivity index (χ2n) is 7.07. The van der Waals surface area contributed by atoms with Gasteiger partial charge in [-0.3, -0.25) is 4.79 Å². The SMILES string of the molecule is CC(CCCC(=O)O)c1c(F)cc(-c2cccnc2SC2CCC2)cc1F. The first kappa shape index (κ1) is 19.8. The van der Waals surface area contributed by atoms with Crippen LogP contribution in [0.3, 0.4) is 0 Å². The Balaban J connectivity index is 1.83. The maximum atomic E-state index is 14.7. The summed E-state index contributed by atoms with van der Waals surface area (Å²) in [6.07, 6.45) is 6.04. The summed E-state index contributed by atoms with van der Waals surface area (Å²) >= 11 is 1.68. The Labute approximate surface area is 162 Å². The average molecular weight is 391 g/mol. The smallest absolute Gasteiger partial charge is 0.303 e. The Morgan fingerprint density at radius 1 is 1.33 bits per heavy atom. The molecule has 27 heavy (non-hydrogen) atoms. The number of rotatable bonds is 8. The van der Waals surface area contributed by atoms with E-state index >= 15 is 0 Å². The number of aromatic nitrogens is 1. The average Bonchev–Trinajstić information content (AvgIpc) is 2.57. The van der Waals surface area contributed by atoms with Crippen LogP contribution in [0.5, 0.6) is 0 Å². The molecule has 0 aliphatic heterocycles. The third kappa shape index (κ3) is 4.86. The molecular weight excluding hydrogens is 368 g/mol. The lowest BCUT2D eigenvalue weighted by molar-refractivity contribution is -0.137. The number of carboxylic acids is 1. The summed E-state index contributed by atoms with van der Waals surface area (Å²) in [5.74, 6) is -2.45. The van der Waals surface area contributed by atoms with Crippen molar-refractivity contribution in [1.29, 1.82) is 0 Å². The molecule has 144 valence electrons. The van der Waals surface area contributed by atoms with Gasteiger partial charge in [0.1, 0.15) is 16.7 Å². The first-order valence-electron chi connectivity index (χ1n) is 9.28. The van der Waals surface area contributed by atoms with Gasteiger partial charge in [-0.2, -0.15) is 0 Å². The highest BCUT2D eigenvalue weighted by molar-refractivity contribution is 8.00. The molecule has 1 saturated carbocycles. The zero-order chi connectivity index (χ0) is 19.4. The number of carbonyl (C=O) groups is 1. The fourth-order valence-electron chi connectivity index (χ4n) is 3.27. The van der Waals surface area contributed by atoms with Gasteiger partial charge in [0.25, 0.3) is 0 Å². The number of pyridine rings is 1. The molecule has 1 fully saturated rings. The molecule has 0 saturated heterocycles. The molecule has 0 spiro atoms. The first-order chi connectivity index (χ1) is 13.0. The van der Waals surface area contributed by atoms with Crippen molar-refractivity contribution in [2.75, 3.05) is 0 Å². The lowest BCUT2D eigenvalue weighted by Crippen LogP contribution is -2.13. The summed E-state index contributed by atoms with van der Waals surface area (Å²) < 4.78 is 29.4. The molecule has 1 aromatic carbocycles. The van der Waals surface area contributed by atoms with E-state index in [1.54, 1.807) is 30.9 Å². The van der Waals surface area contributed by atoms with Crippen LogP contribution in [0.2, 0.25) is 0 Å². The van der Waals surface area contributed by atoms with E-state index in [9.17, 15) is 13.6 Å². The van der Waals surface area contributed by atoms with Gasteiger partial charge >= 0.3 is 5.97 Å². The van der Waals surface area contributed by atoms with Crippen molar-refractivity contribution >= 4 is 17.7 Å². The fraction of sp³-hybridized carbons (Fsp3) is 0.429. The molecular formula is C21H23F2NO2S. The predicted octanol–water partition coefficient (Wildman–Crippen LogP) is 6.03. The molecule has 6 heteroatoms. The predicted molar refractivity (Wildman–Crippen MR) is 103 cm³/mol. The van der Waals surface area contributed by atoms with Crippen molar-refractivity contribution < 1.29 is 18.7 Å². The molecule has 2 aromatic rings. The number of nitrogens with zero attached hydrogens (tertiary/aromatic N) is 1. The lowest BCUT2D eigenvalue weighted by atomic mass is 9.92. The molecule has 3 rings (SSSR count). The molecule has 0 bridgehead atoms. The van der Waals surface area contributed by atoms with Crippen molar-refractivity contribution in [3.8, 4) is 11.1 Å². The zero-order valence-electron chi connectivity index (χ0n) is 15.3. The maximum Gasteiger partial charge on any atom is 0.303 e. The van der Waals surface area contributed by atoms with Crippen LogP contribution in [0.4, 0.5) is 8.78 Å². The topological polar surface area (TPSA) is 50.2 Å². The van der Waals surface area contributed by atoms with Crippen LogP contribution in [0, 0.1) is 11.6 Å². The molecule has 1 aromatic heterocycles. The van der Waals surface area contributed by atoms with E-state index < -0.39 is 17.6 Å². The Hall–Kier alpha value is -1.95. The van der Waals surface area contributed by atoms with Gasteiger partial charge in [0, 0.05) is 29.0 Å². The van der Waals surface area contributed by atoms with E-state index in [0.29, 0.717) is 23.7 Å². The molecule has 1 aliphatic carbocycles. The summed E-state index contributed by atoms with van der Waals surface area (Å²) in [7, 11) is 0. The van der Waals surface area contributed by atoms with E-state index in [4.69, 9.17) is 5.11 Å². The Morgan fingerprint density at radius 3 is 2.63 bits per heavy atom. The summed E-state index contributed by atoms with van der Waals surface area (Å²) in [5, 5.41) is 10.1. The second-order valence-corrected chi connectivity index (χ2v) is 8.36. The van der Waals surface area contributed by atoms with E-state index in [2.05, 4.69) is 4.98 Å². The number of thioether (sulfide) groups is 1. The van der Waals surface area contributed by atoms with Gasteiger partial charge in [-0.1, -0.05) is 19.4 Å². The summed E-state index contributed by atoms with van der Waals surface area (Å²) in [6.45, 7) is 1.73. The van der Waals surface area contributed by atoms with Gasteiger partial charge in [-0.15, -0.1) is 11.8 Å². The quantitative estimate of drug-likeness (QED) is 0.597. The lowest BCUT2D eigenvalue weighted by Gasteiger charge is -2.25. The van der Waals surface area contributed by atoms with Gasteiger partial charge in [-0.25, -0.2) is 13.8 Å². The van der Waals surface area contributed by atoms with Crippen molar-refractivity contribution in [3.63, 3.8) is 0 Å². The highest BCUT2D eigenvalue weighted by Gasteiger charge is 2.23. The van der Waals surface area contributed by atoms with Crippen LogP contribution in [0.1, 0.15) is 56.9 Å². The molecule has 1 atom stereocenters. The van der Waals surface area contributed by atoms with Crippen LogP contribution in [0.25, 0.3) is 11.1 Å². The minimum absolute atomic E-state index is 0.00307. The molecule has 1 N–H and O–H groups in total. The van der Waals surface area contributed by atoms with Crippen LogP contribution < -0.4 is 0 Å². The standard InChI is InChI=1S/C21H23F2NO2S/c1-13(5-2-9-19(25)26)20-17(22)11-14(12-18(20)23)16-8-4-10-24-21(16)27-15-6-3-7-15/h4,8,10-13,15H,2-3,5-7,9H2,1H3,(H,25,26). The molecule has 1 heterocycles. The molecule has 1 unspecified atom stereocenters. The number of halogens is 2. The van der Waals surface area contributed by atoms with Crippen molar-refractivity contribution in [2.24, 2.45) is 0 Å². The van der Waals surface area contributed by atoms with Crippen molar-refractivity contribution in [3.05, 3.63) is 47.7 Å². The Bertz CT molecular complexity index is 801. The largest absolute Gasteiger partial charge is 0.481 e. The van der Waals surface area contributed by atoms with Gasteiger partial charge in [0.2, 0.25) is 0 Å². The minimum atomic E-state index is -0.897. The zero-order valence-corrected chi connectivity index (χ0v) is 16.1. The maximum absolute atomic E-state index is 14.7. The number of benzene rings is 1. The number of hydrogen-bond donors (Lipinski definition) is 1. The Kier molecular flexibility index (Phi) is 6.47. The van der Waals surface area contributed by atoms with Crippen LogP contribution in [-0.4, -0.2) is 21.3 Å². The van der Waals surface area contributed by atoms with Crippen LogP contribution in [0.15, 0.2) is 35.5 Å². The van der Waals surface area contributed by atoms with Crippen molar-refractivity contribution in [1.82, 2.24) is 4.98 Å². The first-order valence-corrected chi connectivity index (χ1v) is 10.2. The third-order valence-electron chi connectivity index (χ3n) is 5.01. The van der Waals surface area contributed by atoms with E-state index in [1.807, 2.05) is 6.07 Å².